The lowest BCUT2D eigenvalue weighted by atomic mass is 9.79. The molecule has 2 heteroatoms. The molecule has 0 heterocycles. The Bertz CT molecular complexity index is 435. The predicted molar refractivity (Wildman–Crippen MR) is 67.2 cm³/mol. The number of aldehydes is 1. The summed E-state index contributed by atoms with van der Waals surface area (Å²) in [5.74, 6) is 1.65. The number of allylic oxidation sites excluding steroid dienone is 2. The first-order valence-electron chi connectivity index (χ1n) is 5.68. The lowest BCUT2D eigenvalue weighted by Gasteiger charge is -2.24. The molecule has 0 unspecified atom stereocenters. The predicted octanol–water partition coefficient (Wildman–Crippen LogP) is 3.55. The van der Waals surface area contributed by atoms with Gasteiger partial charge in [0.15, 0.2) is 0 Å². The smallest absolute Gasteiger partial charge is 0.124 e. The fraction of sp³-hybridized carbons (Fsp3) is 0.357. The monoisotopic (exact) mass is 276 g/mol. The molecule has 0 aromatic heterocycles. The van der Waals surface area contributed by atoms with E-state index in [2.05, 4.69) is 52.3 Å². The molecule has 0 saturated heterocycles. The van der Waals surface area contributed by atoms with Gasteiger partial charge in [-0.1, -0.05) is 40.2 Å². The standard InChI is InChI=1S/C14H13BrO/c15-12-5-3-9(4-6-12)14-11-2-1-10(7-11)13(14)8-16/h1-6,8,10-11,13-14H,7H2/t10-,11+,13+,14+/m0/s1. The molecule has 1 aromatic carbocycles. The highest BCUT2D eigenvalue weighted by molar-refractivity contribution is 9.10. The minimum Gasteiger partial charge on any atom is -0.303 e. The Hall–Kier alpha value is -0.890. The average molecular weight is 277 g/mol. The van der Waals surface area contributed by atoms with Gasteiger partial charge in [0.25, 0.3) is 0 Å². The van der Waals surface area contributed by atoms with E-state index >= 15 is 0 Å². The highest BCUT2D eigenvalue weighted by Gasteiger charge is 2.44. The molecule has 2 aliphatic carbocycles. The minimum absolute atomic E-state index is 0.191. The van der Waals surface area contributed by atoms with Crippen LogP contribution in [-0.2, 0) is 4.79 Å². The van der Waals surface area contributed by atoms with Gasteiger partial charge in [-0.15, -0.1) is 0 Å². The van der Waals surface area contributed by atoms with Crippen LogP contribution >= 0.6 is 15.9 Å². The third-order valence-electron chi connectivity index (χ3n) is 3.93. The fourth-order valence-corrected chi connectivity index (χ4v) is 3.46. The number of carbonyl (C=O) groups is 1. The average Bonchev–Trinajstić information content (AvgIpc) is 2.89. The summed E-state index contributed by atoms with van der Waals surface area (Å²) in [6.45, 7) is 0. The lowest BCUT2D eigenvalue weighted by Crippen LogP contribution is -2.18. The summed E-state index contributed by atoms with van der Waals surface area (Å²) in [5.41, 5.74) is 1.30. The molecular formula is C14H13BrO. The van der Waals surface area contributed by atoms with Crippen molar-refractivity contribution in [2.75, 3.05) is 0 Å². The summed E-state index contributed by atoms with van der Waals surface area (Å²) in [4.78, 5) is 11.2. The van der Waals surface area contributed by atoms with Crippen molar-refractivity contribution in [3.05, 3.63) is 46.5 Å². The number of fused-ring (bicyclic) bond motifs is 2. The zero-order valence-electron chi connectivity index (χ0n) is 8.84. The largest absolute Gasteiger partial charge is 0.303 e. The van der Waals surface area contributed by atoms with Crippen LogP contribution < -0.4 is 0 Å². The second-order valence-electron chi connectivity index (χ2n) is 4.74. The molecular weight excluding hydrogens is 264 g/mol. The molecule has 1 nitrogen and oxygen atoms in total. The fourth-order valence-electron chi connectivity index (χ4n) is 3.20. The van der Waals surface area contributed by atoms with Crippen LogP contribution in [0.3, 0.4) is 0 Å². The third-order valence-corrected chi connectivity index (χ3v) is 4.46. The van der Waals surface area contributed by atoms with E-state index in [1.54, 1.807) is 0 Å². The van der Waals surface area contributed by atoms with Gasteiger partial charge in [0, 0.05) is 16.3 Å². The van der Waals surface area contributed by atoms with Gasteiger partial charge < -0.3 is 4.79 Å². The molecule has 0 aliphatic heterocycles. The maximum atomic E-state index is 11.2. The molecule has 16 heavy (non-hydrogen) atoms. The highest BCUT2D eigenvalue weighted by atomic mass is 79.9. The van der Waals surface area contributed by atoms with Crippen molar-refractivity contribution < 1.29 is 4.79 Å². The summed E-state index contributed by atoms with van der Waals surface area (Å²) in [7, 11) is 0. The van der Waals surface area contributed by atoms with Crippen molar-refractivity contribution in [2.45, 2.75) is 12.3 Å². The van der Waals surface area contributed by atoms with Crippen LogP contribution in [0.15, 0.2) is 40.9 Å². The molecule has 2 aliphatic rings. The van der Waals surface area contributed by atoms with Crippen molar-refractivity contribution in [3.63, 3.8) is 0 Å². The molecule has 2 bridgehead atoms. The Morgan fingerprint density at radius 1 is 1.12 bits per heavy atom. The summed E-state index contributed by atoms with van der Waals surface area (Å²) in [6, 6.07) is 8.40. The molecule has 1 saturated carbocycles. The molecule has 3 rings (SSSR count). The van der Waals surface area contributed by atoms with Crippen molar-refractivity contribution in [1.29, 1.82) is 0 Å². The maximum Gasteiger partial charge on any atom is 0.124 e. The Kier molecular flexibility index (Phi) is 2.47. The van der Waals surface area contributed by atoms with Gasteiger partial charge in [-0.2, -0.15) is 0 Å². The van der Waals surface area contributed by atoms with Crippen LogP contribution in [-0.4, -0.2) is 6.29 Å². The third kappa shape index (κ3) is 1.47. The number of benzene rings is 1. The zero-order chi connectivity index (χ0) is 11.1. The number of hydrogen-bond acceptors (Lipinski definition) is 1. The molecule has 0 radical (unpaired) electrons. The van der Waals surface area contributed by atoms with E-state index in [9.17, 15) is 4.79 Å². The van der Waals surface area contributed by atoms with Crippen LogP contribution in [0.5, 0.6) is 0 Å². The van der Waals surface area contributed by atoms with E-state index < -0.39 is 0 Å². The molecule has 1 fully saturated rings. The van der Waals surface area contributed by atoms with Gasteiger partial charge >= 0.3 is 0 Å². The minimum atomic E-state index is 0.191. The summed E-state index contributed by atoms with van der Waals surface area (Å²) < 4.78 is 1.10. The van der Waals surface area contributed by atoms with Gasteiger partial charge in [-0.25, -0.2) is 0 Å². The van der Waals surface area contributed by atoms with E-state index in [0.717, 1.165) is 17.2 Å². The molecule has 0 amide bonds. The van der Waals surface area contributed by atoms with Gasteiger partial charge in [-0.3, -0.25) is 0 Å². The normalized spacial score (nSPS) is 35.6. The summed E-state index contributed by atoms with van der Waals surface area (Å²) in [6.07, 6.45) is 6.82. The van der Waals surface area contributed by atoms with Crippen molar-refractivity contribution >= 4 is 22.2 Å². The van der Waals surface area contributed by atoms with Crippen LogP contribution in [0.1, 0.15) is 17.9 Å². The maximum absolute atomic E-state index is 11.2. The number of hydrogen-bond donors (Lipinski definition) is 0. The zero-order valence-corrected chi connectivity index (χ0v) is 10.4. The second-order valence-corrected chi connectivity index (χ2v) is 5.65. The van der Waals surface area contributed by atoms with E-state index in [0.29, 0.717) is 17.8 Å². The summed E-state index contributed by atoms with van der Waals surface area (Å²) in [5, 5.41) is 0. The second kappa shape index (κ2) is 3.85. The molecule has 82 valence electrons. The van der Waals surface area contributed by atoms with Gasteiger partial charge in [0.1, 0.15) is 6.29 Å². The van der Waals surface area contributed by atoms with E-state index in [1.165, 1.54) is 5.56 Å². The Morgan fingerprint density at radius 2 is 1.81 bits per heavy atom. The first-order valence-corrected chi connectivity index (χ1v) is 6.48. The SMILES string of the molecule is O=C[C@H]1[C@H](c2ccc(Br)cc2)[C@@H]2C=C[C@H]1C2. The number of halogens is 1. The van der Waals surface area contributed by atoms with Crippen LogP contribution in [0.25, 0.3) is 0 Å². The van der Waals surface area contributed by atoms with Crippen molar-refractivity contribution in [3.8, 4) is 0 Å². The van der Waals surface area contributed by atoms with E-state index in [4.69, 9.17) is 0 Å². The van der Waals surface area contributed by atoms with Gasteiger partial charge in [-0.05, 0) is 36.0 Å². The molecule has 0 spiro atoms. The quantitative estimate of drug-likeness (QED) is 0.596. The first-order chi connectivity index (χ1) is 7.79. The van der Waals surface area contributed by atoms with Gasteiger partial charge in [0.2, 0.25) is 0 Å². The molecule has 4 atom stereocenters. The van der Waals surface area contributed by atoms with E-state index in [1.807, 2.05) is 0 Å². The summed E-state index contributed by atoms with van der Waals surface area (Å²) >= 11 is 3.44. The first kappa shape index (κ1) is 10.3. The molecule has 1 aromatic rings. The van der Waals surface area contributed by atoms with Crippen molar-refractivity contribution in [2.24, 2.45) is 17.8 Å². The van der Waals surface area contributed by atoms with Crippen LogP contribution in [0.2, 0.25) is 0 Å². The Morgan fingerprint density at radius 3 is 2.50 bits per heavy atom. The van der Waals surface area contributed by atoms with Crippen LogP contribution in [0, 0.1) is 17.8 Å². The number of carbonyl (C=O) groups excluding carboxylic acids is 1. The Labute approximate surface area is 104 Å². The lowest BCUT2D eigenvalue weighted by molar-refractivity contribution is -0.112. The van der Waals surface area contributed by atoms with Gasteiger partial charge in [0.05, 0.1) is 0 Å². The number of rotatable bonds is 2. The van der Waals surface area contributed by atoms with Crippen LogP contribution in [0.4, 0.5) is 0 Å². The Balaban J connectivity index is 1.97. The highest BCUT2D eigenvalue weighted by Crippen LogP contribution is 2.52. The topological polar surface area (TPSA) is 17.1 Å². The van der Waals surface area contributed by atoms with E-state index in [-0.39, 0.29) is 5.92 Å². The molecule has 0 N–H and O–H groups in total. The van der Waals surface area contributed by atoms with Crippen molar-refractivity contribution in [1.82, 2.24) is 0 Å².